The number of thiazole rings is 1. The van der Waals surface area contributed by atoms with Crippen molar-refractivity contribution in [2.75, 3.05) is 0 Å². The van der Waals surface area contributed by atoms with Crippen LogP contribution in [0.15, 0.2) is 70.9 Å². The Morgan fingerprint density at radius 2 is 1.65 bits per heavy atom. The Kier molecular flexibility index (Phi) is 3.28. The van der Waals surface area contributed by atoms with Crippen LogP contribution in [0.2, 0.25) is 0 Å². The fourth-order valence-electron chi connectivity index (χ4n) is 2.62. The molecule has 3 aromatic rings. The molecule has 1 aliphatic carbocycles. The number of rotatable bonds is 1. The SMILES string of the molecule is Cn1/c(=N\N=C2\C=CC(=O)c3ccccc32)sc2ccccc21. The van der Waals surface area contributed by atoms with E-state index in [9.17, 15) is 4.79 Å². The molecule has 0 spiro atoms. The quantitative estimate of drug-likeness (QED) is 0.635. The highest BCUT2D eigenvalue weighted by molar-refractivity contribution is 7.16. The minimum Gasteiger partial charge on any atom is -0.318 e. The Morgan fingerprint density at radius 3 is 2.48 bits per heavy atom. The minimum absolute atomic E-state index is 0.00645. The highest BCUT2D eigenvalue weighted by Crippen LogP contribution is 2.18. The molecule has 0 aliphatic heterocycles. The van der Waals surface area contributed by atoms with Crippen molar-refractivity contribution in [3.05, 3.63) is 76.6 Å². The smallest absolute Gasteiger partial charge is 0.211 e. The van der Waals surface area contributed by atoms with Gasteiger partial charge in [-0.25, -0.2) is 0 Å². The number of para-hydroxylation sites is 1. The van der Waals surface area contributed by atoms with Gasteiger partial charge in [-0.2, -0.15) is 0 Å². The van der Waals surface area contributed by atoms with E-state index >= 15 is 0 Å². The fraction of sp³-hybridized carbons (Fsp3) is 0.0556. The average Bonchev–Trinajstić information content (AvgIpc) is 2.91. The maximum absolute atomic E-state index is 11.9. The maximum Gasteiger partial charge on any atom is 0.211 e. The molecule has 0 atom stereocenters. The Morgan fingerprint density at radius 1 is 0.913 bits per heavy atom. The monoisotopic (exact) mass is 319 g/mol. The van der Waals surface area contributed by atoms with Gasteiger partial charge in [-0.1, -0.05) is 47.7 Å². The van der Waals surface area contributed by atoms with Crippen LogP contribution >= 0.6 is 11.3 Å². The van der Waals surface area contributed by atoms with Gasteiger partial charge in [0.15, 0.2) is 5.78 Å². The lowest BCUT2D eigenvalue weighted by Gasteiger charge is -2.09. The van der Waals surface area contributed by atoms with Crippen molar-refractivity contribution in [2.45, 2.75) is 0 Å². The number of hydrogen-bond donors (Lipinski definition) is 0. The molecule has 4 nitrogen and oxygen atoms in total. The van der Waals surface area contributed by atoms with Crippen LogP contribution in [0.4, 0.5) is 0 Å². The van der Waals surface area contributed by atoms with Crippen LogP contribution in [0.3, 0.4) is 0 Å². The van der Waals surface area contributed by atoms with Crippen molar-refractivity contribution >= 4 is 33.0 Å². The summed E-state index contributed by atoms with van der Waals surface area (Å²) in [5.41, 5.74) is 3.33. The van der Waals surface area contributed by atoms with E-state index in [0.717, 1.165) is 15.9 Å². The molecule has 23 heavy (non-hydrogen) atoms. The summed E-state index contributed by atoms with van der Waals surface area (Å²) in [6, 6.07) is 15.6. The standard InChI is InChI=1S/C18H13N3OS/c1-21-15-8-4-5-9-17(15)23-18(21)20-19-14-10-11-16(22)13-7-3-2-6-12(13)14/h2-11H,1H3/b19-14-,20-18+. The summed E-state index contributed by atoms with van der Waals surface area (Å²) in [5, 5.41) is 8.78. The second-order valence-electron chi connectivity index (χ2n) is 5.24. The summed E-state index contributed by atoms with van der Waals surface area (Å²) in [6.45, 7) is 0. The third-order valence-electron chi connectivity index (χ3n) is 3.82. The number of hydrogen-bond acceptors (Lipinski definition) is 4. The summed E-state index contributed by atoms with van der Waals surface area (Å²) in [5.74, 6) is 0.00645. The van der Waals surface area contributed by atoms with Crippen LogP contribution in [0.5, 0.6) is 0 Å². The largest absolute Gasteiger partial charge is 0.318 e. The number of nitrogens with zero attached hydrogens (tertiary/aromatic N) is 3. The Labute approximate surface area is 136 Å². The molecule has 1 aromatic heterocycles. The van der Waals surface area contributed by atoms with Gasteiger partial charge < -0.3 is 4.57 Å². The number of allylic oxidation sites excluding steroid dienone is 2. The van der Waals surface area contributed by atoms with Crippen molar-refractivity contribution < 1.29 is 4.79 Å². The third-order valence-corrected chi connectivity index (χ3v) is 4.92. The molecule has 0 bridgehead atoms. The first-order valence-corrected chi connectivity index (χ1v) is 8.04. The number of aromatic nitrogens is 1. The van der Waals surface area contributed by atoms with E-state index in [-0.39, 0.29) is 5.78 Å². The zero-order chi connectivity index (χ0) is 15.8. The van der Waals surface area contributed by atoms with Crippen LogP contribution < -0.4 is 4.80 Å². The van der Waals surface area contributed by atoms with Gasteiger partial charge in [0, 0.05) is 18.2 Å². The van der Waals surface area contributed by atoms with E-state index in [2.05, 4.69) is 22.3 Å². The minimum atomic E-state index is 0.00645. The molecule has 1 aliphatic rings. The van der Waals surface area contributed by atoms with Crippen LogP contribution in [0.1, 0.15) is 15.9 Å². The van der Waals surface area contributed by atoms with Gasteiger partial charge >= 0.3 is 0 Å². The molecule has 0 unspecified atom stereocenters. The van der Waals surface area contributed by atoms with Gasteiger partial charge in [-0.3, -0.25) is 4.79 Å². The maximum atomic E-state index is 11.9. The average molecular weight is 319 g/mol. The van der Waals surface area contributed by atoms with Gasteiger partial charge in [0.2, 0.25) is 4.80 Å². The highest BCUT2D eigenvalue weighted by atomic mass is 32.1. The molecule has 0 N–H and O–H groups in total. The zero-order valence-electron chi connectivity index (χ0n) is 12.4. The fourth-order valence-corrected chi connectivity index (χ4v) is 3.59. The molecule has 0 amide bonds. The first kappa shape index (κ1) is 13.8. The molecule has 0 saturated heterocycles. The van der Waals surface area contributed by atoms with E-state index in [4.69, 9.17) is 0 Å². The predicted molar refractivity (Wildman–Crippen MR) is 92.8 cm³/mol. The van der Waals surface area contributed by atoms with E-state index < -0.39 is 0 Å². The van der Waals surface area contributed by atoms with Gasteiger partial charge in [-0.05, 0) is 24.3 Å². The van der Waals surface area contributed by atoms with E-state index in [1.807, 2.05) is 48.0 Å². The second-order valence-corrected chi connectivity index (χ2v) is 6.25. The van der Waals surface area contributed by atoms with E-state index in [1.165, 1.54) is 4.70 Å². The molecule has 0 saturated carbocycles. The summed E-state index contributed by atoms with van der Waals surface area (Å²) in [7, 11) is 1.98. The molecule has 112 valence electrons. The topological polar surface area (TPSA) is 46.7 Å². The number of fused-ring (bicyclic) bond motifs is 2. The summed E-state index contributed by atoms with van der Waals surface area (Å²) >= 11 is 1.59. The molecule has 0 fully saturated rings. The Balaban J connectivity index is 1.86. The Bertz CT molecular complexity index is 1050. The Hall–Kier alpha value is -2.79. The van der Waals surface area contributed by atoms with Gasteiger partial charge in [0.05, 0.1) is 15.9 Å². The number of carbonyl (C=O) groups excluding carboxylic acids is 1. The zero-order valence-corrected chi connectivity index (χ0v) is 13.2. The van der Waals surface area contributed by atoms with Crippen LogP contribution in [-0.2, 0) is 7.05 Å². The normalized spacial score (nSPS) is 16.3. The lowest BCUT2D eigenvalue weighted by atomic mass is 9.94. The first-order chi connectivity index (χ1) is 11.2. The van der Waals surface area contributed by atoms with Gasteiger partial charge in [-0.15, -0.1) is 10.2 Å². The summed E-state index contributed by atoms with van der Waals surface area (Å²) < 4.78 is 3.19. The van der Waals surface area contributed by atoms with Crippen LogP contribution in [0, 0.1) is 0 Å². The van der Waals surface area contributed by atoms with Crippen molar-refractivity contribution in [2.24, 2.45) is 17.3 Å². The van der Waals surface area contributed by atoms with Crippen molar-refractivity contribution in [3.8, 4) is 0 Å². The van der Waals surface area contributed by atoms with Crippen molar-refractivity contribution in [1.82, 2.24) is 4.57 Å². The predicted octanol–water partition coefficient (Wildman–Crippen LogP) is 3.30. The number of carbonyl (C=O) groups is 1. The number of aryl methyl sites for hydroxylation is 1. The highest BCUT2D eigenvalue weighted by Gasteiger charge is 2.16. The van der Waals surface area contributed by atoms with Crippen molar-refractivity contribution in [1.29, 1.82) is 0 Å². The molecule has 5 heteroatoms. The second kappa shape index (κ2) is 5.44. The lowest BCUT2D eigenvalue weighted by Crippen LogP contribution is -2.13. The lowest BCUT2D eigenvalue weighted by molar-refractivity contribution is 0.104. The van der Waals surface area contributed by atoms with E-state index in [0.29, 0.717) is 11.3 Å². The number of benzene rings is 2. The molecule has 1 heterocycles. The number of ketones is 1. The summed E-state index contributed by atoms with van der Waals surface area (Å²) in [4.78, 5) is 12.7. The third kappa shape index (κ3) is 2.35. The molecular formula is C18H13N3OS. The molecule has 4 rings (SSSR count). The molecule has 0 radical (unpaired) electrons. The molecule has 2 aromatic carbocycles. The first-order valence-electron chi connectivity index (χ1n) is 7.22. The molecular weight excluding hydrogens is 306 g/mol. The van der Waals surface area contributed by atoms with Crippen LogP contribution in [-0.4, -0.2) is 16.1 Å². The van der Waals surface area contributed by atoms with Crippen molar-refractivity contribution in [3.63, 3.8) is 0 Å². The van der Waals surface area contributed by atoms with Gasteiger partial charge in [0.1, 0.15) is 0 Å². The van der Waals surface area contributed by atoms with E-state index in [1.54, 1.807) is 23.5 Å². The van der Waals surface area contributed by atoms with Gasteiger partial charge in [0.25, 0.3) is 0 Å². The van der Waals surface area contributed by atoms with Crippen LogP contribution in [0.25, 0.3) is 10.2 Å². The summed E-state index contributed by atoms with van der Waals surface area (Å²) in [6.07, 6.45) is 3.27.